The van der Waals surface area contributed by atoms with Crippen LogP contribution in [-0.4, -0.2) is 58.7 Å². The van der Waals surface area contributed by atoms with Crippen molar-refractivity contribution in [3.8, 4) is 0 Å². The summed E-state index contributed by atoms with van der Waals surface area (Å²) in [6.45, 7) is 1.26. The number of amides is 3. The third-order valence-electron chi connectivity index (χ3n) is 6.86. The molecule has 2 fully saturated rings. The number of hydrogen-bond acceptors (Lipinski definition) is 3. The van der Waals surface area contributed by atoms with Gasteiger partial charge in [-0.1, -0.05) is 42.5 Å². The predicted octanol–water partition coefficient (Wildman–Crippen LogP) is 2.84. The highest BCUT2D eigenvalue weighted by Crippen LogP contribution is 2.39. The number of carbonyl (C=O) groups is 3. The van der Waals surface area contributed by atoms with Crippen LogP contribution in [0.1, 0.15) is 45.8 Å². The first-order valence-corrected chi connectivity index (χ1v) is 11.4. The fourth-order valence-corrected chi connectivity index (χ4v) is 4.89. The number of amidine groups is 1. The van der Waals surface area contributed by atoms with Gasteiger partial charge in [0.1, 0.15) is 5.84 Å². The second kappa shape index (κ2) is 8.51. The van der Waals surface area contributed by atoms with E-state index in [0.29, 0.717) is 30.8 Å². The van der Waals surface area contributed by atoms with Crippen LogP contribution in [0.15, 0.2) is 53.5 Å². The van der Waals surface area contributed by atoms with E-state index in [1.807, 2.05) is 35.2 Å². The summed E-state index contributed by atoms with van der Waals surface area (Å²) < 4.78 is 37.6. The molecule has 10 heteroatoms. The molecule has 0 bridgehead atoms. The second-order valence-electron chi connectivity index (χ2n) is 9.21. The van der Waals surface area contributed by atoms with E-state index in [1.54, 1.807) is 11.0 Å². The Kier molecular flexibility index (Phi) is 5.61. The van der Waals surface area contributed by atoms with Crippen molar-refractivity contribution in [2.45, 2.75) is 37.5 Å². The number of carbonyl (C=O) groups excluding carboxylic acids is 3. The SMILES string of the molecule is NC(=NC(=O)C(F)(F)F)c1ccc2c(c1)C(=O)N(C1CN(C(=O)C3CC3)CC1c1ccccc1)C2. The molecule has 2 N–H and O–H groups in total. The summed E-state index contributed by atoms with van der Waals surface area (Å²) in [6.07, 6.45) is -3.34. The molecule has 0 radical (unpaired) electrons. The molecule has 7 nitrogen and oxygen atoms in total. The van der Waals surface area contributed by atoms with E-state index in [1.165, 1.54) is 12.1 Å². The molecule has 2 aliphatic heterocycles. The number of likely N-dealkylation sites (tertiary alicyclic amines) is 1. The summed E-state index contributed by atoms with van der Waals surface area (Å²) in [6, 6.07) is 13.9. The first-order chi connectivity index (χ1) is 16.6. The van der Waals surface area contributed by atoms with Crippen molar-refractivity contribution in [2.75, 3.05) is 13.1 Å². The second-order valence-corrected chi connectivity index (χ2v) is 9.21. The van der Waals surface area contributed by atoms with Crippen molar-refractivity contribution >= 4 is 23.6 Å². The molecule has 1 saturated carbocycles. The summed E-state index contributed by atoms with van der Waals surface area (Å²) >= 11 is 0. The van der Waals surface area contributed by atoms with Gasteiger partial charge in [0.05, 0.1) is 6.04 Å². The zero-order valence-corrected chi connectivity index (χ0v) is 18.7. The van der Waals surface area contributed by atoms with Gasteiger partial charge in [-0.2, -0.15) is 18.2 Å². The van der Waals surface area contributed by atoms with Crippen molar-refractivity contribution < 1.29 is 27.6 Å². The molecule has 2 aromatic rings. The van der Waals surface area contributed by atoms with Gasteiger partial charge in [0.15, 0.2) is 0 Å². The Balaban J connectivity index is 1.42. The number of nitrogens with two attached hydrogens (primary N) is 1. The molecule has 5 rings (SSSR count). The van der Waals surface area contributed by atoms with Crippen LogP contribution in [0.25, 0.3) is 0 Å². The number of rotatable bonds is 4. The molecule has 2 aromatic carbocycles. The van der Waals surface area contributed by atoms with Gasteiger partial charge in [-0.3, -0.25) is 14.4 Å². The van der Waals surface area contributed by atoms with E-state index >= 15 is 0 Å². The number of nitrogens with zero attached hydrogens (tertiary/aromatic N) is 3. The van der Waals surface area contributed by atoms with Gasteiger partial charge in [-0.15, -0.1) is 0 Å². The summed E-state index contributed by atoms with van der Waals surface area (Å²) in [4.78, 5) is 43.9. The molecule has 182 valence electrons. The minimum absolute atomic E-state index is 0.0623. The lowest BCUT2D eigenvalue weighted by molar-refractivity contribution is -0.169. The lowest BCUT2D eigenvalue weighted by atomic mass is 9.93. The van der Waals surface area contributed by atoms with Crippen LogP contribution in [0, 0.1) is 5.92 Å². The van der Waals surface area contributed by atoms with Crippen LogP contribution in [0.2, 0.25) is 0 Å². The minimum atomic E-state index is -5.13. The van der Waals surface area contributed by atoms with E-state index in [9.17, 15) is 27.6 Å². The number of halogens is 3. The Bertz CT molecular complexity index is 1220. The molecular weight excluding hydrogens is 461 g/mol. The van der Waals surface area contributed by atoms with Crippen LogP contribution < -0.4 is 5.73 Å². The van der Waals surface area contributed by atoms with E-state index in [4.69, 9.17) is 5.73 Å². The summed E-state index contributed by atoms with van der Waals surface area (Å²) in [5.74, 6) is -3.07. The molecule has 2 unspecified atom stereocenters. The molecule has 35 heavy (non-hydrogen) atoms. The lowest BCUT2D eigenvalue weighted by Crippen LogP contribution is -2.41. The zero-order valence-electron chi connectivity index (χ0n) is 18.7. The highest BCUT2D eigenvalue weighted by molar-refractivity contribution is 6.07. The Labute approximate surface area is 199 Å². The Hall–Kier alpha value is -3.69. The van der Waals surface area contributed by atoms with Gasteiger partial charge in [0, 0.05) is 42.6 Å². The molecule has 3 amide bonds. The monoisotopic (exact) mass is 484 g/mol. The molecule has 2 heterocycles. The van der Waals surface area contributed by atoms with Gasteiger partial charge in [0.2, 0.25) is 5.91 Å². The van der Waals surface area contributed by atoms with E-state index in [2.05, 4.69) is 4.99 Å². The van der Waals surface area contributed by atoms with Crippen LogP contribution in [-0.2, 0) is 16.1 Å². The van der Waals surface area contributed by atoms with Crippen LogP contribution in [0.3, 0.4) is 0 Å². The average Bonchev–Trinajstić information content (AvgIpc) is 3.51. The van der Waals surface area contributed by atoms with Crippen LogP contribution in [0.4, 0.5) is 13.2 Å². The van der Waals surface area contributed by atoms with E-state index < -0.39 is 17.9 Å². The molecule has 1 aliphatic carbocycles. The van der Waals surface area contributed by atoms with E-state index in [0.717, 1.165) is 18.4 Å². The minimum Gasteiger partial charge on any atom is -0.383 e. The predicted molar refractivity (Wildman–Crippen MR) is 120 cm³/mol. The molecule has 2 atom stereocenters. The standard InChI is InChI=1S/C25H23F3N4O3/c26-25(27,28)24(35)30-21(29)16-8-9-17-11-32(23(34)18(17)10-16)20-13-31(22(33)15-6-7-15)12-19(20)14-4-2-1-3-5-14/h1-5,8-10,15,19-20H,6-7,11-13H2,(H2,29,30,35). The lowest BCUT2D eigenvalue weighted by Gasteiger charge is -2.28. The summed E-state index contributed by atoms with van der Waals surface area (Å²) in [5, 5.41) is 0. The highest BCUT2D eigenvalue weighted by atomic mass is 19.4. The Morgan fingerprint density at radius 1 is 1.03 bits per heavy atom. The maximum absolute atomic E-state index is 13.4. The topological polar surface area (TPSA) is 96.1 Å². The smallest absolute Gasteiger partial charge is 0.383 e. The zero-order chi connectivity index (χ0) is 24.9. The van der Waals surface area contributed by atoms with Crippen molar-refractivity contribution in [3.63, 3.8) is 0 Å². The third kappa shape index (κ3) is 4.40. The summed E-state index contributed by atoms with van der Waals surface area (Å²) in [7, 11) is 0. The molecule has 3 aliphatic rings. The highest BCUT2D eigenvalue weighted by Gasteiger charge is 2.46. The maximum atomic E-state index is 13.4. The van der Waals surface area contributed by atoms with Crippen LogP contribution >= 0.6 is 0 Å². The summed E-state index contributed by atoms with van der Waals surface area (Å²) in [5.41, 5.74) is 7.74. The Morgan fingerprint density at radius 2 is 1.74 bits per heavy atom. The van der Waals surface area contributed by atoms with E-state index in [-0.39, 0.29) is 35.3 Å². The van der Waals surface area contributed by atoms with Gasteiger partial charge in [0.25, 0.3) is 5.91 Å². The number of fused-ring (bicyclic) bond motifs is 1. The molecule has 0 spiro atoms. The van der Waals surface area contributed by atoms with Crippen molar-refractivity contribution in [1.82, 2.24) is 9.80 Å². The number of hydrogen-bond donors (Lipinski definition) is 1. The molecule has 0 aromatic heterocycles. The quantitative estimate of drug-likeness (QED) is 0.533. The number of alkyl halides is 3. The van der Waals surface area contributed by atoms with Gasteiger partial charge in [-0.05, 0) is 30.0 Å². The normalized spacial score (nSPS) is 22.5. The van der Waals surface area contributed by atoms with Gasteiger partial charge >= 0.3 is 12.1 Å². The van der Waals surface area contributed by atoms with Crippen LogP contribution in [0.5, 0.6) is 0 Å². The van der Waals surface area contributed by atoms with Gasteiger partial charge in [-0.25, -0.2) is 0 Å². The van der Waals surface area contributed by atoms with Crippen molar-refractivity contribution in [2.24, 2.45) is 16.6 Å². The maximum Gasteiger partial charge on any atom is 0.473 e. The fourth-order valence-electron chi connectivity index (χ4n) is 4.89. The van der Waals surface area contributed by atoms with Gasteiger partial charge < -0.3 is 15.5 Å². The first-order valence-electron chi connectivity index (χ1n) is 11.4. The van der Waals surface area contributed by atoms with Crippen molar-refractivity contribution in [3.05, 3.63) is 70.8 Å². The number of aliphatic imine (C=N–C) groups is 1. The first kappa shape index (κ1) is 23.1. The molecule has 1 saturated heterocycles. The fraction of sp³-hybridized carbons (Fsp3) is 0.360. The Morgan fingerprint density at radius 3 is 2.40 bits per heavy atom. The van der Waals surface area contributed by atoms with Crippen molar-refractivity contribution in [1.29, 1.82) is 0 Å². The largest absolute Gasteiger partial charge is 0.473 e. The third-order valence-corrected chi connectivity index (χ3v) is 6.86. The number of benzene rings is 2. The molecular formula is C25H23F3N4O3. The average molecular weight is 484 g/mol.